The maximum absolute atomic E-state index is 9.90. The smallest absolute Gasteiger partial charge is 1.00 e. The van der Waals surface area contributed by atoms with Gasteiger partial charge in [-0.05, 0) is 0 Å². The first-order valence-electron chi connectivity index (χ1n) is 3.33. The van der Waals surface area contributed by atoms with Gasteiger partial charge in [0.15, 0.2) is 6.29 Å². The number of aliphatic hydroxyl groups excluding tert-OH is 5. The molecule has 0 bridgehead atoms. The van der Waals surface area contributed by atoms with E-state index >= 15 is 0 Å². The molecule has 0 saturated heterocycles. The summed E-state index contributed by atoms with van der Waals surface area (Å²) < 4.78 is 0. The summed E-state index contributed by atoms with van der Waals surface area (Å²) in [6.45, 7) is -0.760. The van der Waals surface area contributed by atoms with Crippen molar-refractivity contribution in [3.05, 3.63) is 0 Å². The van der Waals surface area contributed by atoms with Crippen LogP contribution in [0, 0.1) is 0 Å². The van der Waals surface area contributed by atoms with Crippen molar-refractivity contribution in [2.24, 2.45) is 0 Å². The van der Waals surface area contributed by atoms with E-state index in [0.29, 0.717) is 0 Å². The van der Waals surface area contributed by atoms with Crippen LogP contribution in [0.4, 0.5) is 0 Å². The molecule has 0 aliphatic rings. The fourth-order valence-electron chi connectivity index (χ4n) is 0.618. The molecule has 0 aliphatic heterocycles. The predicted octanol–water partition coefficient (Wildman–Crippen LogP) is -12.0. The Balaban J connectivity index is -0.0000000403. The average molecular weight is 252 g/mol. The SMILES string of the molecule is O=C[C@H](O)[C@@H](O)[C@H](O)[C@H](O)CO.[H-].[H-].[H-].[Na+].[Na+].[Na+]. The van der Waals surface area contributed by atoms with Crippen LogP contribution in [0.5, 0.6) is 0 Å². The first-order chi connectivity index (χ1) is 5.54. The number of aldehydes is 1. The molecule has 0 unspecified atom stereocenters. The Bertz CT molecular complexity index is 161. The molecular formula is C6H15Na3O6. The first-order valence-corrected chi connectivity index (χ1v) is 3.33. The van der Waals surface area contributed by atoms with Crippen LogP contribution in [0.3, 0.4) is 0 Å². The zero-order valence-corrected chi connectivity index (χ0v) is 15.2. The molecule has 0 spiro atoms. The Kier molecular flexibility index (Phi) is 25.3. The molecule has 0 rings (SSSR count). The molecule has 0 radical (unpaired) electrons. The summed E-state index contributed by atoms with van der Waals surface area (Å²) in [5.41, 5.74) is 0. The molecule has 0 aliphatic carbocycles. The van der Waals surface area contributed by atoms with E-state index < -0.39 is 31.0 Å². The molecule has 0 heterocycles. The van der Waals surface area contributed by atoms with Crippen molar-refractivity contribution in [3.8, 4) is 0 Å². The molecule has 0 aromatic carbocycles. The van der Waals surface area contributed by atoms with E-state index in [1.54, 1.807) is 0 Å². The number of aliphatic hydroxyl groups is 5. The maximum Gasteiger partial charge on any atom is 1.00 e. The minimum atomic E-state index is -1.79. The Morgan fingerprint density at radius 2 is 1.40 bits per heavy atom. The van der Waals surface area contributed by atoms with Gasteiger partial charge in [0.05, 0.1) is 6.61 Å². The summed E-state index contributed by atoms with van der Waals surface area (Å²) in [4.78, 5) is 9.90. The molecule has 0 amide bonds. The van der Waals surface area contributed by atoms with Crippen LogP contribution < -0.4 is 88.7 Å². The van der Waals surface area contributed by atoms with Crippen LogP contribution in [0.25, 0.3) is 0 Å². The second kappa shape index (κ2) is 14.5. The third-order valence-corrected chi connectivity index (χ3v) is 1.42. The fourth-order valence-corrected chi connectivity index (χ4v) is 0.618. The summed E-state index contributed by atoms with van der Waals surface area (Å²) in [5, 5.41) is 43.5. The molecule has 9 heteroatoms. The van der Waals surface area contributed by atoms with Crippen LogP contribution in [-0.4, -0.2) is 62.8 Å². The monoisotopic (exact) mass is 252 g/mol. The molecule has 0 aromatic rings. The van der Waals surface area contributed by atoms with E-state index in [1.165, 1.54) is 0 Å². The minimum absolute atomic E-state index is 0. The van der Waals surface area contributed by atoms with Gasteiger partial charge in [-0.2, -0.15) is 0 Å². The summed E-state index contributed by atoms with van der Waals surface area (Å²) in [5.74, 6) is 0. The van der Waals surface area contributed by atoms with Crippen molar-refractivity contribution in [1.82, 2.24) is 0 Å². The molecule has 5 N–H and O–H groups in total. The summed E-state index contributed by atoms with van der Waals surface area (Å²) >= 11 is 0. The van der Waals surface area contributed by atoms with Gasteiger partial charge in [0.1, 0.15) is 24.4 Å². The summed E-state index contributed by atoms with van der Waals surface area (Å²) in [6, 6.07) is 0. The first kappa shape index (κ1) is 26.1. The van der Waals surface area contributed by atoms with E-state index in [0.717, 1.165) is 0 Å². The quantitative estimate of drug-likeness (QED) is 0.245. The van der Waals surface area contributed by atoms with E-state index in [2.05, 4.69) is 0 Å². The molecule has 0 fully saturated rings. The Labute approximate surface area is 158 Å². The van der Waals surface area contributed by atoms with Gasteiger partial charge in [-0.25, -0.2) is 0 Å². The van der Waals surface area contributed by atoms with E-state index in [9.17, 15) is 4.79 Å². The Morgan fingerprint density at radius 1 is 1.00 bits per heavy atom. The van der Waals surface area contributed by atoms with Crippen molar-refractivity contribution < 1.29 is 123 Å². The molecule has 0 aromatic heterocycles. The standard InChI is InChI=1S/C6H12O6.3Na.3H/c7-1-3(9)5(11)6(12)4(10)2-8;;;;;;/h1,3-6,8-12H,2H2;;;;;;/q;3*+1;3*-1/t3-,4+,5+,6+;;;;;;/m0....../s1. The summed E-state index contributed by atoms with van der Waals surface area (Å²) in [6.07, 6.45) is -6.84. The normalized spacial score (nSPS) is 16.9. The van der Waals surface area contributed by atoms with E-state index in [1.807, 2.05) is 0 Å². The fraction of sp³-hybridized carbons (Fsp3) is 0.833. The van der Waals surface area contributed by atoms with Gasteiger partial charge in [0.25, 0.3) is 0 Å². The molecule has 15 heavy (non-hydrogen) atoms. The van der Waals surface area contributed by atoms with Crippen LogP contribution in [-0.2, 0) is 4.79 Å². The maximum atomic E-state index is 9.90. The second-order valence-electron chi connectivity index (χ2n) is 2.36. The van der Waals surface area contributed by atoms with Crippen molar-refractivity contribution in [3.63, 3.8) is 0 Å². The van der Waals surface area contributed by atoms with Crippen LogP contribution in [0.2, 0.25) is 0 Å². The Hall–Kier alpha value is 2.47. The zero-order valence-electron chi connectivity index (χ0n) is 12.2. The molecular weight excluding hydrogens is 237 g/mol. The second-order valence-corrected chi connectivity index (χ2v) is 2.36. The van der Waals surface area contributed by atoms with Gasteiger partial charge in [-0.15, -0.1) is 0 Å². The van der Waals surface area contributed by atoms with Gasteiger partial charge >= 0.3 is 88.7 Å². The predicted molar refractivity (Wildman–Crippen MR) is 40.5 cm³/mol. The van der Waals surface area contributed by atoms with E-state index in [-0.39, 0.29) is 99.2 Å². The number of rotatable bonds is 5. The number of hydrogen-bond donors (Lipinski definition) is 5. The average Bonchev–Trinajstić information content (AvgIpc) is 2.12. The molecule has 0 saturated carbocycles. The largest absolute Gasteiger partial charge is 1.00 e. The van der Waals surface area contributed by atoms with Crippen molar-refractivity contribution in [2.75, 3.05) is 6.61 Å². The Morgan fingerprint density at radius 3 is 1.67 bits per heavy atom. The number of carbonyl (C=O) groups is 1. The topological polar surface area (TPSA) is 118 Å². The van der Waals surface area contributed by atoms with Crippen molar-refractivity contribution in [2.45, 2.75) is 24.4 Å². The molecule has 78 valence electrons. The molecule has 6 nitrogen and oxygen atoms in total. The van der Waals surface area contributed by atoms with Crippen LogP contribution >= 0.6 is 0 Å². The van der Waals surface area contributed by atoms with Gasteiger partial charge < -0.3 is 34.6 Å². The van der Waals surface area contributed by atoms with E-state index in [4.69, 9.17) is 25.5 Å². The van der Waals surface area contributed by atoms with Crippen molar-refractivity contribution in [1.29, 1.82) is 0 Å². The van der Waals surface area contributed by atoms with Crippen LogP contribution in [0.15, 0.2) is 0 Å². The van der Waals surface area contributed by atoms with Gasteiger partial charge in [-0.3, -0.25) is 0 Å². The third-order valence-electron chi connectivity index (χ3n) is 1.42. The third kappa shape index (κ3) is 10.1. The number of hydrogen-bond acceptors (Lipinski definition) is 6. The zero-order chi connectivity index (χ0) is 9.72. The number of carbonyl (C=O) groups excluding carboxylic acids is 1. The van der Waals surface area contributed by atoms with Crippen molar-refractivity contribution >= 4 is 6.29 Å². The van der Waals surface area contributed by atoms with Gasteiger partial charge in [0.2, 0.25) is 0 Å². The van der Waals surface area contributed by atoms with Gasteiger partial charge in [0, 0.05) is 0 Å². The van der Waals surface area contributed by atoms with Crippen LogP contribution in [0.1, 0.15) is 4.28 Å². The summed E-state index contributed by atoms with van der Waals surface area (Å²) in [7, 11) is 0. The minimum Gasteiger partial charge on any atom is -1.00 e. The van der Waals surface area contributed by atoms with Gasteiger partial charge in [-0.1, -0.05) is 0 Å². The molecule has 4 atom stereocenters.